The van der Waals surface area contributed by atoms with Gasteiger partial charge in [0, 0.05) is 30.5 Å². The molecule has 0 radical (unpaired) electrons. The number of hydrogen-bond donors (Lipinski definition) is 1. The number of aryl methyl sites for hydroxylation is 1. The van der Waals surface area contributed by atoms with Crippen molar-refractivity contribution in [1.29, 1.82) is 0 Å². The molecule has 0 aliphatic heterocycles. The zero-order valence-electron chi connectivity index (χ0n) is 8.29. The largest absolute Gasteiger partial charge is 0.339 e. The zero-order valence-corrected chi connectivity index (χ0v) is 10.7. The maximum atomic E-state index is 11.5. The third-order valence-electron chi connectivity index (χ3n) is 1.59. The van der Waals surface area contributed by atoms with Gasteiger partial charge in [0.2, 0.25) is 9.05 Å². The Morgan fingerprint density at radius 3 is 2.50 bits per heavy atom. The summed E-state index contributed by atoms with van der Waals surface area (Å²) in [6, 6.07) is 0. The van der Waals surface area contributed by atoms with Crippen LogP contribution in [0.4, 0.5) is 0 Å². The van der Waals surface area contributed by atoms with E-state index in [0.29, 0.717) is 0 Å². The molecule has 0 aliphatic carbocycles. The van der Waals surface area contributed by atoms with Gasteiger partial charge in [-0.05, 0) is 0 Å². The number of sulfonamides is 1. The summed E-state index contributed by atoms with van der Waals surface area (Å²) in [5, 5.41) is -0.165. The molecule has 0 unspecified atom stereocenters. The Hall–Kier alpha value is -0.640. The molecule has 1 rings (SSSR count). The second-order valence-electron chi connectivity index (χ2n) is 3.02. The Morgan fingerprint density at radius 1 is 1.44 bits per heavy atom. The van der Waals surface area contributed by atoms with E-state index < -0.39 is 24.8 Å². The fraction of sp³-hybridized carbons (Fsp3) is 0.500. The van der Waals surface area contributed by atoms with Crippen molar-refractivity contribution >= 4 is 29.8 Å². The van der Waals surface area contributed by atoms with E-state index in [0.717, 1.165) is 0 Å². The van der Waals surface area contributed by atoms with E-state index >= 15 is 0 Å². The quantitative estimate of drug-likeness (QED) is 0.720. The molecule has 10 heteroatoms. The molecule has 0 amide bonds. The van der Waals surface area contributed by atoms with Crippen LogP contribution in [0.3, 0.4) is 0 Å². The summed E-state index contributed by atoms with van der Waals surface area (Å²) in [6.07, 6.45) is 2.63. The van der Waals surface area contributed by atoms with E-state index in [2.05, 4.69) is 9.71 Å². The first-order chi connectivity index (χ1) is 7.21. The molecule has 0 aliphatic rings. The van der Waals surface area contributed by atoms with E-state index in [4.69, 9.17) is 10.7 Å². The number of halogens is 1. The Labute approximate surface area is 97.9 Å². The standard InChI is InChI=1S/C6H10ClN3O4S2/c1-10-4-6(8-5-10)16(13,14)9-2-3-15(7,11)12/h4-5,9H,2-3H2,1H3. The van der Waals surface area contributed by atoms with Crippen LogP contribution >= 0.6 is 10.7 Å². The van der Waals surface area contributed by atoms with Crippen molar-refractivity contribution in [2.24, 2.45) is 7.05 Å². The van der Waals surface area contributed by atoms with Crippen LogP contribution in [0.1, 0.15) is 0 Å². The predicted octanol–water partition coefficient (Wildman–Crippen LogP) is -0.733. The SMILES string of the molecule is Cn1cnc(S(=O)(=O)NCCS(=O)(=O)Cl)c1. The summed E-state index contributed by atoms with van der Waals surface area (Å²) in [6.45, 7) is -0.287. The van der Waals surface area contributed by atoms with Crippen molar-refractivity contribution < 1.29 is 16.8 Å². The van der Waals surface area contributed by atoms with Gasteiger partial charge in [-0.1, -0.05) is 0 Å². The number of hydrogen-bond acceptors (Lipinski definition) is 5. The van der Waals surface area contributed by atoms with E-state index in [1.54, 1.807) is 7.05 Å². The Balaban J connectivity index is 2.67. The van der Waals surface area contributed by atoms with Crippen molar-refractivity contribution in [3.8, 4) is 0 Å². The summed E-state index contributed by atoms with van der Waals surface area (Å²) >= 11 is 0. The highest BCUT2D eigenvalue weighted by Gasteiger charge is 2.17. The molecule has 1 aromatic heterocycles. The van der Waals surface area contributed by atoms with Crippen molar-refractivity contribution in [1.82, 2.24) is 14.3 Å². The number of nitrogens with one attached hydrogen (secondary N) is 1. The van der Waals surface area contributed by atoms with Crippen LogP contribution in [0.5, 0.6) is 0 Å². The van der Waals surface area contributed by atoms with Crippen LogP contribution in [0.25, 0.3) is 0 Å². The lowest BCUT2D eigenvalue weighted by atomic mass is 10.8. The minimum Gasteiger partial charge on any atom is -0.339 e. The van der Waals surface area contributed by atoms with Crippen molar-refractivity contribution in [3.05, 3.63) is 12.5 Å². The molecule has 16 heavy (non-hydrogen) atoms. The first-order valence-corrected chi connectivity index (χ1v) is 8.07. The Kier molecular flexibility index (Phi) is 3.94. The summed E-state index contributed by atoms with van der Waals surface area (Å²) in [5.74, 6) is -0.472. The van der Waals surface area contributed by atoms with Crippen molar-refractivity contribution in [3.63, 3.8) is 0 Å². The molecule has 1 heterocycles. The van der Waals surface area contributed by atoms with E-state index in [1.807, 2.05) is 0 Å². The molecule has 0 bridgehead atoms. The lowest BCUT2D eigenvalue weighted by molar-refractivity contribution is 0.579. The second-order valence-corrected chi connectivity index (χ2v) is 7.63. The van der Waals surface area contributed by atoms with Gasteiger partial charge in [-0.15, -0.1) is 0 Å². The smallest absolute Gasteiger partial charge is 0.259 e. The average molecular weight is 288 g/mol. The topological polar surface area (TPSA) is 98.1 Å². The van der Waals surface area contributed by atoms with Gasteiger partial charge in [-0.25, -0.2) is 26.5 Å². The van der Waals surface area contributed by atoms with Crippen molar-refractivity contribution in [2.75, 3.05) is 12.3 Å². The maximum Gasteiger partial charge on any atom is 0.259 e. The normalized spacial score (nSPS) is 12.9. The zero-order chi connectivity index (χ0) is 12.4. The maximum absolute atomic E-state index is 11.5. The molecule has 0 fully saturated rings. The second kappa shape index (κ2) is 4.70. The molecule has 1 N–H and O–H groups in total. The lowest BCUT2D eigenvalue weighted by Gasteiger charge is -2.01. The fourth-order valence-corrected chi connectivity index (χ4v) is 2.62. The third kappa shape index (κ3) is 4.08. The first kappa shape index (κ1) is 13.4. The van der Waals surface area contributed by atoms with Crippen LogP contribution in [0.2, 0.25) is 0 Å². The summed E-state index contributed by atoms with van der Waals surface area (Å²) in [4.78, 5) is 3.63. The van der Waals surface area contributed by atoms with Gasteiger partial charge < -0.3 is 4.57 Å². The summed E-state index contributed by atoms with van der Waals surface area (Å²) < 4.78 is 47.7. The average Bonchev–Trinajstić information content (AvgIpc) is 2.49. The molecule has 0 aromatic carbocycles. The highest BCUT2D eigenvalue weighted by molar-refractivity contribution is 8.13. The molecule has 0 atom stereocenters. The first-order valence-electron chi connectivity index (χ1n) is 4.11. The van der Waals surface area contributed by atoms with Crippen LogP contribution in [-0.4, -0.2) is 38.7 Å². The number of nitrogens with zero attached hydrogens (tertiary/aromatic N) is 2. The summed E-state index contributed by atoms with van der Waals surface area (Å²) in [5.41, 5.74) is 0. The minimum atomic E-state index is -3.77. The lowest BCUT2D eigenvalue weighted by Crippen LogP contribution is -2.28. The minimum absolute atomic E-state index is 0.165. The molecule has 1 aromatic rings. The Bertz CT molecular complexity index is 562. The van der Waals surface area contributed by atoms with Crippen LogP contribution in [0, 0.1) is 0 Å². The molecule has 7 nitrogen and oxygen atoms in total. The van der Waals surface area contributed by atoms with Gasteiger partial charge >= 0.3 is 0 Å². The van der Waals surface area contributed by atoms with Gasteiger partial charge in [-0.3, -0.25) is 0 Å². The molecular formula is C6H10ClN3O4S2. The number of rotatable bonds is 5. The highest BCUT2D eigenvalue weighted by atomic mass is 35.7. The molecule has 92 valence electrons. The fourth-order valence-electron chi connectivity index (χ4n) is 0.899. The summed E-state index contributed by atoms with van der Waals surface area (Å²) in [7, 11) is -0.921. The van der Waals surface area contributed by atoms with Crippen LogP contribution in [0.15, 0.2) is 17.6 Å². The third-order valence-corrected chi connectivity index (χ3v) is 4.09. The van der Waals surface area contributed by atoms with Gasteiger partial charge in [0.05, 0.1) is 12.1 Å². The van der Waals surface area contributed by atoms with Crippen LogP contribution < -0.4 is 4.72 Å². The molecule has 0 spiro atoms. The Morgan fingerprint density at radius 2 is 2.06 bits per heavy atom. The van der Waals surface area contributed by atoms with Crippen LogP contribution in [-0.2, 0) is 26.1 Å². The molecular weight excluding hydrogens is 278 g/mol. The molecule has 0 saturated heterocycles. The van der Waals surface area contributed by atoms with Gasteiger partial charge in [-0.2, -0.15) is 0 Å². The van der Waals surface area contributed by atoms with E-state index in [1.165, 1.54) is 17.1 Å². The predicted molar refractivity (Wildman–Crippen MR) is 58.0 cm³/mol. The number of imidazole rings is 1. The monoisotopic (exact) mass is 287 g/mol. The van der Waals surface area contributed by atoms with Crippen molar-refractivity contribution in [2.45, 2.75) is 5.03 Å². The van der Waals surface area contributed by atoms with Gasteiger partial charge in [0.1, 0.15) is 0 Å². The molecule has 0 saturated carbocycles. The highest BCUT2D eigenvalue weighted by Crippen LogP contribution is 2.03. The van der Waals surface area contributed by atoms with E-state index in [9.17, 15) is 16.8 Å². The van der Waals surface area contributed by atoms with Gasteiger partial charge in [0.15, 0.2) is 5.03 Å². The van der Waals surface area contributed by atoms with E-state index in [-0.39, 0.29) is 11.6 Å². The van der Waals surface area contributed by atoms with Gasteiger partial charge in [0.25, 0.3) is 10.0 Å². The number of aromatic nitrogens is 2.